The largest absolute Gasteiger partial charge is 0.489 e. The van der Waals surface area contributed by atoms with Crippen molar-refractivity contribution < 1.29 is 19.1 Å². The third-order valence-electron chi connectivity index (χ3n) is 5.82. The molecule has 0 bridgehead atoms. The third kappa shape index (κ3) is 4.39. The highest BCUT2D eigenvalue weighted by atomic mass is 32.1. The molecule has 0 spiro atoms. The highest BCUT2D eigenvalue weighted by Crippen LogP contribution is 2.41. The van der Waals surface area contributed by atoms with Crippen molar-refractivity contribution in [3.05, 3.63) is 81.7 Å². The van der Waals surface area contributed by atoms with E-state index in [-0.39, 0.29) is 18.2 Å². The van der Waals surface area contributed by atoms with Gasteiger partial charge in [-0.25, -0.2) is 4.79 Å². The number of hydrogen-bond donors (Lipinski definition) is 2. The minimum atomic E-state index is -0.325. The Morgan fingerprint density at radius 2 is 1.91 bits per heavy atom. The number of fused-ring (bicyclic) bond motifs is 3. The summed E-state index contributed by atoms with van der Waals surface area (Å²) in [5.74, 6) is 0.691. The van der Waals surface area contributed by atoms with Crippen LogP contribution in [0.25, 0.3) is 0 Å². The number of thiophene rings is 1. The van der Waals surface area contributed by atoms with Crippen molar-refractivity contribution >= 4 is 28.3 Å². The Balaban J connectivity index is 1.28. The number of hydrogen-bond acceptors (Lipinski definition) is 6. The number of nitrogens with one attached hydrogen (secondary N) is 2. The Hall–Kier alpha value is -3.52. The molecule has 2 aromatic carbocycles. The smallest absolute Gasteiger partial charge is 0.410 e. The van der Waals surface area contributed by atoms with Crippen molar-refractivity contribution in [2.24, 2.45) is 0 Å². The number of benzene rings is 2. The van der Waals surface area contributed by atoms with Gasteiger partial charge in [0.25, 0.3) is 5.91 Å². The number of anilines is 1. The second-order valence-electron chi connectivity index (χ2n) is 7.97. The zero-order chi connectivity index (χ0) is 22.8. The lowest BCUT2D eigenvalue weighted by molar-refractivity contribution is 0.0934. The van der Waals surface area contributed by atoms with Gasteiger partial charge >= 0.3 is 6.09 Å². The van der Waals surface area contributed by atoms with Crippen molar-refractivity contribution in [1.82, 2.24) is 10.2 Å². The maximum atomic E-state index is 13.0. The van der Waals surface area contributed by atoms with Gasteiger partial charge in [-0.2, -0.15) is 0 Å². The summed E-state index contributed by atoms with van der Waals surface area (Å²) in [6, 6.07) is 17.8. The lowest BCUT2D eigenvalue weighted by Gasteiger charge is -2.28. The molecule has 2 aliphatic heterocycles. The standard InChI is InChI=1S/C25H25N3O4S/c1-2-31-25(30)28-13-12-19-20(14-28)33-24-21(19)23(29)26-22(27-24)17-8-10-18(11-9-17)32-15-16-6-4-3-5-7-16/h3-11,22,27H,2,12-15H2,1H3,(H,26,29). The number of nitrogens with zero attached hydrogens (tertiary/aromatic N) is 1. The summed E-state index contributed by atoms with van der Waals surface area (Å²) in [5, 5.41) is 7.38. The van der Waals surface area contributed by atoms with Gasteiger partial charge in [-0.05, 0) is 42.2 Å². The summed E-state index contributed by atoms with van der Waals surface area (Å²) in [5.41, 5.74) is 3.79. The van der Waals surface area contributed by atoms with Crippen molar-refractivity contribution in [2.45, 2.75) is 32.7 Å². The fraction of sp³-hybridized carbons (Fsp3) is 0.280. The Morgan fingerprint density at radius 1 is 1.12 bits per heavy atom. The van der Waals surface area contributed by atoms with E-state index in [1.807, 2.05) is 54.6 Å². The van der Waals surface area contributed by atoms with E-state index in [0.29, 0.717) is 38.3 Å². The van der Waals surface area contributed by atoms with Crippen molar-refractivity contribution in [3.8, 4) is 5.75 Å². The minimum Gasteiger partial charge on any atom is -0.489 e. The molecule has 2 aliphatic rings. The quantitative estimate of drug-likeness (QED) is 0.574. The number of carbonyl (C=O) groups is 2. The SMILES string of the molecule is CCOC(=O)N1CCc2c(sc3c2C(=O)NC(c2ccc(OCc4ccccc4)cc2)N3)C1. The zero-order valence-electron chi connectivity index (χ0n) is 18.3. The predicted octanol–water partition coefficient (Wildman–Crippen LogP) is 4.70. The fourth-order valence-electron chi connectivity index (χ4n) is 4.15. The third-order valence-corrected chi connectivity index (χ3v) is 6.97. The van der Waals surface area contributed by atoms with Gasteiger partial charge in [0.15, 0.2) is 0 Å². The van der Waals surface area contributed by atoms with Crippen molar-refractivity contribution in [3.63, 3.8) is 0 Å². The Labute approximate surface area is 196 Å². The Kier molecular flexibility index (Phi) is 5.92. The summed E-state index contributed by atoms with van der Waals surface area (Å²) < 4.78 is 11.0. The van der Waals surface area contributed by atoms with Crippen LogP contribution < -0.4 is 15.4 Å². The van der Waals surface area contributed by atoms with E-state index in [9.17, 15) is 9.59 Å². The molecule has 1 atom stereocenters. The summed E-state index contributed by atoms with van der Waals surface area (Å²) in [4.78, 5) is 27.8. The fourth-order valence-corrected chi connectivity index (χ4v) is 5.44. The van der Waals surface area contributed by atoms with Gasteiger partial charge in [-0.3, -0.25) is 4.79 Å². The molecule has 1 unspecified atom stereocenters. The number of amides is 2. The molecule has 7 nitrogen and oxygen atoms in total. The van der Waals surface area contributed by atoms with Gasteiger partial charge in [-0.1, -0.05) is 42.5 Å². The van der Waals surface area contributed by atoms with Crippen LogP contribution >= 0.6 is 11.3 Å². The van der Waals surface area contributed by atoms with Crippen LogP contribution in [0.2, 0.25) is 0 Å². The Bertz CT molecular complexity index is 1160. The molecule has 3 heterocycles. The van der Waals surface area contributed by atoms with E-state index in [2.05, 4.69) is 10.6 Å². The zero-order valence-corrected chi connectivity index (χ0v) is 19.1. The maximum Gasteiger partial charge on any atom is 0.410 e. The monoisotopic (exact) mass is 463 g/mol. The van der Waals surface area contributed by atoms with Crippen molar-refractivity contribution in [1.29, 1.82) is 0 Å². The van der Waals surface area contributed by atoms with Crippen LogP contribution in [0.15, 0.2) is 54.6 Å². The van der Waals surface area contributed by atoms with Crippen LogP contribution in [0.1, 0.15) is 45.0 Å². The van der Waals surface area contributed by atoms with Gasteiger partial charge in [0, 0.05) is 11.4 Å². The molecule has 0 saturated heterocycles. The molecular formula is C25H25N3O4S. The van der Waals surface area contributed by atoms with Gasteiger partial charge in [0.05, 0.1) is 18.7 Å². The van der Waals surface area contributed by atoms with Crippen LogP contribution in [0.5, 0.6) is 5.75 Å². The van der Waals surface area contributed by atoms with Crippen LogP contribution in [-0.4, -0.2) is 30.1 Å². The molecule has 0 aliphatic carbocycles. The molecule has 2 amide bonds. The summed E-state index contributed by atoms with van der Waals surface area (Å²) >= 11 is 1.54. The predicted molar refractivity (Wildman–Crippen MR) is 127 cm³/mol. The second-order valence-corrected chi connectivity index (χ2v) is 9.08. The van der Waals surface area contributed by atoms with Crippen LogP contribution in [-0.2, 0) is 24.3 Å². The van der Waals surface area contributed by atoms with E-state index >= 15 is 0 Å². The first-order valence-corrected chi connectivity index (χ1v) is 11.8. The average molecular weight is 464 g/mol. The molecule has 5 rings (SSSR count). The van der Waals surface area contributed by atoms with Crippen LogP contribution in [0, 0.1) is 0 Å². The molecule has 0 saturated carbocycles. The molecule has 33 heavy (non-hydrogen) atoms. The molecule has 0 fully saturated rings. The topological polar surface area (TPSA) is 79.9 Å². The molecule has 8 heteroatoms. The van der Waals surface area contributed by atoms with Gasteiger partial charge in [0.2, 0.25) is 0 Å². The number of ether oxygens (including phenoxy) is 2. The second kappa shape index (κ2) is 9.15. The van der Waals surface area contributed by atoms with Crippen molar-refractivity contribution in [2.75, 3.05) is 18.5 Å². The van der Waals surface area contributed by atoms with Crippen LogP contribution in [0.3, 0.4) is 0 Å². The summed E-state index contributed by atoms with van der Waals surface area (Å²) in [6.45, 7) is 3.68. The minimum absolute atomic E-state index is 0.0831. The Morgan fingerprint density at radius 3 is 2.67 bits per heavy atom. The number of rotatable bonds is 5. The molecule has 2 N–H and O–H groups in total. The molecule has 3 aromatic rings. The molecular weight excluding hydrogens is 438 g/mol. The number of carbonyl (C=O) groups excluding carboxylic acids is 2. The van der Waals surface area contributed by atoms with Gasteiger partial charge in [0.1, 0.15) is 23.5 Å². The van der Waals surface area contributed by atoms with Crippen LogP contribution in [0.4, 0.5) is 9.80 Å². The summed E-state index contributed by atoms with van der Waals surface area (Å²) in [6.07, 6.45) is 0.0153. The first kappa shape index (κ1) is 21.3. The highest BCUT2D eigenvalue weighted by molar-refractivity contribution is 7.16. The molecule has 1 aromatic heterocycles. The normalized spacial score (nSPS) is 16.8. The van der Waals surface area contributed by atoms with E-state index in [1.54, 1.807) is 23.2 Å². The van der Waals surface area contributed by atoms with E-state index in [1.165, 1.54) is 0 Å². The molecule has 170 valence electrons. The first-order valence-electron chi connectivity index (χ1n) is 11.0. The van der Waals surface area contributed by atoms with Gasteiger partial charge in [-0.15, -0.1) is 11.3 Å². The summed E-state index contributed by atoms with van der Waals surface area (Å²) in [7, 11) is 0. The van der Waals surface area contributed by atoms with Gasteiger partial charge < -0.3 is 25.0 Å². The average Bonchev–Trinajstić information content (AvgIpc) is 3.22. The van der Waals surface area contributed by atoms with E-state index < -0.39 is 0 Å². The highest BCUT2D eigenvalue weighted by Gasteiger charge is 2.34. The lowest BCUT2D eigenvalue weighted by atomic mass is 10.0. The molecule has 0 radical (unpaired) electrons. The lowest BCUT2D eigenvalue weighted by Crippen LogP contribution is -2.39. The first-order chi connectivity index (χ1) is 16.1. The maximum absolute atomic E-state index is 13.0. The van der Waals surface area contributed by atoms with E-state index in [0.717, 1.165) is 32.3 Å². The van der Waals surface area contributed by atoms with E-state index in [4.69, 9.17) is 9.47 Å².